The van der Waals surface area contributed by atoms with Crippen molar-refractivity contribution in [3.8, 4) is 5.75 Å². The van der Waals surface area contributed by atoms with Crippen LogP contribution in [0.2, 0.25) is 0 Å². The molecule has 5 heteroatoms. The maximum atomic E-state index is 11.7. The van der Waals surface area contributed by atoms with E-state index < -0.39 is 0 Å². The van der Waals surface area contributed by atoms with Crippen LogP contribution in [0.1, 0.15) is 12.8 Å². The molecule has 0 radical (unpaired) electrons. The molecular weight excluding hydrogens is 284 g/mol. The first-order valence-electron chi connectivity index (χ1n) is 5.56. The Kier molecular flexibility index (Phi) is 4.02. The van der Waals surface area contributed by atoms with Crippen LogP contribution in [0.3, 0.4) is 0 Å². The Hall–Kier alpha value is -1.07. The van der Waals surface area contributed by atoms with Crippen molar-refractivity contribution in [1.29, 1.82) is 0 Å². The van der Waals surface area contributed by atoms with Crippen LogP contribution in [0.25, 0.3) is 0 Å². The third kappa shape index (κ3) is 3.71. The molecule has 2 rings (SSSR count). The zero-order valence-corrected chi connectivity index (χ0v) is 11.2. The molecule has 1 saturated carbocycles. The van der Waals surface area contributed by atoms with Crippen LogP contribution in [0.4, 0.5) is 5.69 Å². The molecule has 2 N–H and O–H groups in total. The fraction of sp³-hybridized carbons (Fsp3) is 0.417. The van der Waals surface area contributed by atoms with Crippen molar-refractivity contribution < 1.29 is 9.53 Å². The van der Waals surface area contributed by atoms with Gasteiger partial charge in [-0.3, -0.25) is 4.79 Å². The molecule has 0 spiro atoms. The van der Waals surface area contributed by atoms with Gasteiger partial charge in [-0.1, -0.05) is 15.9 Å². The third-order valence-electron chi connectivity index (χ3n) is 2.56. The van der Waals surface area contributed by atoms with Crippen molar-refractivity contribution in [3.05, 3.63) is 22.7 Å². The van der Waals surface area contributed by atoms with Crippen LogP contribution in [-0.4, -0.2) is 25.6 Å². The summed E-state index contributed by atoms with van der Waals surface area (Å²) in [7, 11) is 1.58. The number of benzene rings is 1. The lowest BCUT2D eigenvalue weighted by atomic mass is 10.3. The van der Waals surface area contributed by atoms with Gasteiger partial charge in [0.1, 0.15) is 5.75 Å². The highest BCUT2D eigenvalue weighted by Gasteiger charge is 2.21. The summed E-state index contributed by atoms with van der Waals surface area (Å²) in [6, 6.07) is 6.05. The number of rotatable bonds is 5. The smallest absolute Gasteiger partial charge is 0.238 e. The lowest BCUT2D eigenvalue weighted by molar-refractivity contribution is -0.115. The molecule has 1 aromatic carbocycles. The van der Waals surface area contributed by atoms with Crippen molar-refractivity contribution in [1.82, 2.24) is 5.32 Å². The van der Waals surface area contributed by atoms with E-state index in [1.165, 1.54) is 12.8 Å². The normalized spacial score (nSPS) is 14.5. The fourth-order valence-electron chi connectivity index (χ4n) is 1.50. The van der Waals surface area contributed by atoms with Crippen molar-refractivity contribution in [3.63, 3.8) is 0 Å². The molecule has 0 aromatic heterocycles. The minimum atomic E-state index is -0.0479. The number of hydrogen-bond acceptors (Lipinski definition) is 3. The van der Waals surface area contributed by atoms with E-state index in [1.54, 1.807) is 7.11 Å². The molecule has 0 heterocycles. The van der Waals surface area contributed by atoms with Gasteiger partial charge in [0.2, 0.25) is 5.91 Å². The summed E-state index contributed by atoms with van der Waals surface area (Å²) in [5, 5.41) is 5.99. The summed E-state index contributed by atoms with van der Waals surface area (Å²) < 4.78 is 6.09. The van der Waals surface area contributed by atoms with Gasteiger partial charge >= 0.3 is 0 Å². The third-order valence-corrected chi connectivity index (χ3v) is 3.06. The van der Waals surface area contributed by atoms with E-state index in [9.17, 15) is 4.79 Å². The van der Waals surface area contributed by atoms with Crippen molar-refractivity contribution >= 4 is 27.5 Å². The second-order valence-corrected chi connectivity index (χ2v) is 4.96. The van der Waals surface area contributed by atoms with E-state index in [2.05, 4.69) is 26.6 Å². The van der Waals surface area contributed by atoms with E-state index in [1.807, 2.05) is 18.2 Å². The molecule has 1 aromatic rings. The Balaban J connectivity index is 1.95. The molecule has 1 amide bonds. The van der Waals surface area contributed by atoms with E-state index >= 15 is 0 Å². The summed E-state index contributed by atoms with van der Waals surface area (Å²) in [5.74, 6) is 0.612. The number of halogens is 1. The van der Waals surface area contributed by atoms with Crippen LogP contribution in [0, 0.1) is 0 Å². The topological polar surface area (TPSA) is 50.4 Å². The van der Waals surface area contributed by atoms with Gasteiger partial charge in [-0.15, -0.1) is 0 Å². The second kappa shape index (κ2) is 5.51. The molecule has 1 fully saturated rings. The number of anilines is 1. The van der Waals surface area contributed by atoms with Gasteiger partial charge in [0.15, 0.2) is 0 Å². The summed E-state index contributed by atoms with van der Waals surface area (Å²) >= 11 is 3.37. The molecule has 0 saturated heterocycles. The van der Waals surface area contributed by atoms with E-state index in [-0.39, 0.29) is 5.91 Å². The van der Waals surface area contributed by atoms with Crippen LogP contribution < -0.4 is 15.4 Å². The van der Waals surface area contributed by atoms with Crippen molar-refractivity contribution in [2.75, 3.05) is 19.0 Å². The Labute approximate surface area is 109 Å². The maximum absolute atomic E-state index is 11.7. The first kappa shape index (κ1) is 12.4. The molecule has 1 aliphatic carbocycles. The average Bonchev–Trinajstić information content (AvgIpc) is 3.10. The van der Waals surface area contributed by atoms with Gasteiger partial charge in [0, 0.05) is 10.5 Å². The van der Waals surface area contributed by atoms with Gasteiger partial charge < -0.3 is 15.4 Å². The highest BCUT2D eigenvalue weighted by Crippen LogP contribution is 2.27. The molecule has 0 bridgehead atoms. The zero-order chi connectivity index (χ0) is 12.3. The number of carbonyl (C=O) groups excluding carboxylic acids is 1. The van der Waals surface area contributed by atoms with Gasteiger partial charge in [-0.05, 0) is 31.0 Å². The highest BCUT2D eigenvalue weighted by atomic mass is 79.9. The molecule has 0 atom stereocenters. The Bertz CT molecular complexity index is 419. The molecule has 0 unspecified atom stereocenters. The van der Waals surface area contributed by atoms with Gasteiger partial charge in [-0.25, -0.2) is 0 Å². The Morgan fingerprint density at radius 3 is 2.94 bits per heavy atom. The number of amides is 1. The summed E-state index contributed by atoms with van der Waals surface area (Å²) in [6.07, 6.45) is 2.35. The number of hydrogen-bond donors (Lipinski definition) is 2. The number of methoxy groups -OCH3 is 1. The van der Waals surface area contributed by atoms with Crippen LogP contribution >= 0.6 is 15.9 Å². The standard InChI is InChI=1S/C12H15BrN2O2/c1-17-11-5-2-8(13)6-10(11)15-12(16)7-14-9-3-4-9/h2,5-6,9,14H,3-4,7H2,1H3,(H,15,16). The average molecular weight is 299 g/mol. The zero-order valence-electron chi connectivity index (χ0n) is 9.63. The predicted molar refractivity (Wildman–Crippen MR) is 70.3 cm³/mol. The SMILES string of the molecule is COc1ccc(Br)cc1NC(=O)CNC1CC1. The van der Waals surface area contributed by atoms with Crippen LogP contribution in [0.5, 0.6) is 5.75 Å². The van der Waals surface area contributed by atoms with Gasteiger partial charge in [0.05, 0.1) is 19.3 Å². The molecule has 17 heavy (non-hydrogen) atoms. The predicted octanol–water partition coefficient (Wildman–Crippen LogP) is 2.15. The molecule has 92 valence electrons. The Morgan fingerprint density at radius 2 is 2.29 bits per heavy atom. The second-order valence-electron chi connectivity index (χ2n) is 4.05. The fourth-order valence-corrected chi connectivity index (χ4v) is 1.86. The monoisotopic (exact) mass is 298 g/mol. The van der Waals surface area contributed by atoms with Crippen LogP contribution in [0.15, 0.2) is 22.7 Å². The number of carbonyl (C=O) groups is 1. The summed E-state index contributed by atoms with van der Waals surface area (Å²) in [4.78, 5) is 11.7. The van der Waals surface area contributed by atoms with Gasteiger partial charge in [-0.2, -0.15) is 0 Å². The minimum absolute atomic E-state index is 0.0479. The van der Waals surface area contributed by atoms with Crippen molar-refractivity contribution in [2.45, 2.75) is 18.9 Å². The number of ether oxygens (including phenoxy) is 1. The summed E-state index contributed by atoms with van der Waals surface area (Å²) in [5.41, 5.74) is 0.685. The van der Waals surface area contributed by atoms with Gasteiger partial charge in [0.25, 0.3) is 0 Å². The van der Waals surface area contributed by atoms with E-state index in [4.69, 9.17) is 4.74 Å². The largest absolute Gasteiger partial charge is 0.495 e. The summed E-state index contributed by atoms with van der Waals surface area (Å²) in [6.45, 7) is 0.348. The highest BCUT2D eigenvalue weighted by molar-refractivity contribution is 9.10. The van der Waals surface area contributed by atoms with Crippen molar-refractivity contribution in [2.24, 2.45) is 0 Å². The quantitative estimate of drug-likeness (QED) is 0.876. The lowest BCUT2D eigenvalue weighted by Crippen LogP contribution is -2.29. The number of nitrogens with one attached hydrogen (secondary N) is 2. The lowest BCUT2D eigenvalue weighted by Gasteiger charge is -2.10. The van der Waals surface area contributed by atoms with Crippen LogP contribution in [-0.2, 0) is 4.79 Å². The molecule has 4 nitrogen and oxygen atoms in total. The Morgan fingerprint density at radius 1 is 1.53 bits per heavy atom. The maximum Gasteiger partial charge on any atom is 0.238 e. The van der Waals surface area contributed by atoms with E-state index in [0.717, 1.165) is 4.47 Å². The molecular formula is C12H15BrN2O2. The first-order chi connectivity index (χ1) is 8.19. The molecule has 0 aliphatic heterocycles. The first-order valence-corrected chi connectivity index (χ1v) is 6.35. The molecule has 1 aliphatic rings. The van der Waals surface area contributed by atoms with E-state index in [0.29, 0.717) is 24.0 Å². The minimum Gasteiger partial charge on any atom is -0.495 e.